The summed E-state index contributed by atoms with van der Waals surface area (Å²) in [4.78, 5) is 2.05. The zero-order valence-electron chi connectivity index (χ0n) is 2.30. The molecule has 0 bridgehead atoms. The summed E-state index contributed by atoms with van der Waals surface area (Å²) < 4.78 is 10.4. The van der Waals surface area contributed by atoms with Gasteiger partial charge in [-0.15, -0.1) is 0 Å². The number of nitrogens with zero attached hydrogens (tertiary/aromatic N) is 3. The van der Waals surface area contributed by atoms with Crippen LogP contribution in [0.5, 0.6) is 0 Å². The van der Waals surface area contributed by atoms with Crippen molar-refractivity contribution >= 4 is 0 Å². The van der Waals surface area contributed by atoms with Gasteiger partial charge in [0, 0.05) is 4.91 Å². The molecule has 0 N–H and O–H groups in total. The highest BCUT2D eigenvalue weighted by Gasteiger charge is 1.58. The molecule has 0 unspecified atom stereocenters. The molecule has 4 heteroatoms. The maximum absolute atomic E-state index is 10.4. The van der Waals surface area contributed by atoms with E-state index in [9.17, 15) is 4.39 Å². The molecule has 0 amide bonds. The average molecular weight is 74.0 g/mol. The van der Waals surface area contributed by atoms with Crippen LogP contribution in [0.4, 0.5) is 4.39 Å². The number of hydrogen-bond donors (Lipinski definition) is 0. The Morgan fingerprint density at radius 2 is 2.60 bits per heavy atom. The molecule has 0 aromatic heterocycles. The van der Waals surface area contributed by atoms with Crippen LogP contribution in [-0.2, 0) is 0 Å². The third-order valence-electron chi connectivity index (χ3n) is 0.0953. The Bertz CT molecular complexity index is 53.9. The molecule has 0 fully saturated rings. The minimum atomic E-state index is -0.111. The molecule has 0 heterocycles. The van der Waals surface area contributed by atoms with E-state index in [1.165, 1.54) is 0 Å². The minimum Gasteiger partial charge on any atom is -0.238 e. The number of rotatable bonds is 1. The summed E-state index contributed by atoms with van der Waals surface area (Å²) in [5.41, 5.74) is 7.25. The highest BCUT2D eigenvalue weighted by atomic mass is 19.1. The maximum Gasteiger partial charge on any atom is 0.215 e. The maximum atomic E-state index is 10.4. The molecule has 0 aromatic carbocycles. The molecule has 0 saturated carbocycles. The van der Waals surface area contributed by atoms with Gasteiger partial charge in [0.2, 0.25) is 6.80 Å². The van der Waals surface area contributed by atoms with Gasteiger partial charge >= 0.3 is 0 Å². The zero-order chi connectivity index (χ0) is 4.12. The summed E-state index contributed by atoms with van der Waals surface area (Å²) in [6, 6.07) is 0. The summed E-state index contributed by atoms with van der Waals surface area (Å²) in [7, 11) is 0. The van der Waals surface area contributed by atoms with Crippen molar-refractivity contribution in [2.24, 2.45) is 5.11 Å². The fourth-order valence-electron chi connectivity index (χ4n) is 0.0195. The SMILES string of the molecule is [N-]=[N+]=N[CH]F. The highest BCUT2D eigenvalue weighted by Crippen LogP contribution is 1.74. The van der Waals surface area contributed by atoms with Crippen molar-refractivity contribution in [3.8, 4) is 0 Å². The van der Waals surface area contributed by atoms with Gasteiger partial charge in [0.05, 0.1) is 0 Å². The number of hydrogen-bond acceptors (Lipinski definition) is 1. The third-order valence-corrected chi connectivity index (χ3v) is 0.0953. The molecule has 27 valence electrons. The highest BCUT2D eigenvalue weighted by molar-refractivity contribution is 4.42. The van der Waals surface area contributed by atoms with Crippen LogP contribution in [0, 0.1) is 6.80 Å². The van der Waals surface area contributed by atoms with Crippen LogP contribution in [0.15, 0.2) is 5.11 Å². The third kappa shape index (κ3) is 3.24. The predicted octanol–water partition coefficient (Wildman–Crippen LogP) is 1.39. The molecule has 0 aromatic rings. The van der Waals surface area contributed by atoms with E-state index in [-0.39, 0.29) is 6.80 Å². The lowest BCUT2D eigenvalue weighted by molar-refractivity contribution is 0.612. The van der Waals surface area contributed by atoms with Gasteiger partial charge in [0.1, 0.15) is 0 Å². The van der Waals surface area contributed by atoms with Crippen molar-refractivity contribution < 1.29 is 4.39 Å². The lowest BCUT2D eigenvalue weighted by atomic mass is 11.5. The molecule has 0 spiro atoms. The average Bonchev–Trinajstić information content (AvgIpc) is 1.41. The Kier molecular flexibility index (Phi) is 2.75. The number of azide groups is 1. The standard InChI is InChI=1S/CHFN3/c2-1-4-5-3/h1H. The van der Waals surface area contributed by atoms with Gasteiger partial charge in [-0.05, 0) is 5.53 Å². The van der Waals surface area contributed by atoms with E-state index < -0.39 is 0 Å². The molecular formula is CHFN3. The summed E-state index contributed by atoms with van der Waals surface area (Å²) in [6.45, 7) is -0.111. The smallest absolute Gasteiger partial charge is 0.215 e. The second kappa shape index (κ2) is 3.24. The topological polar surface area (TPSA) is 48.8 Å². The number of halogens is 1. The second-order valence-corrected chi connectivity index (χ2v) is 0.303. The van der Waals surface area contributed by atoms with Gasteiger partial charge in [-0.3, -0.25) is 0 Å². The van der Waals surface area contributed by atoms with Crippen molar-refractivity contribution in [1.82, 2.24) is 0 Å². The van der Waals surface area contributed by atoms with Gasteiger partial charge in [0.25, 0.3) is 0 Å². The van der Waals surface area contributed by atoms with Crippen LogP contribution >= 0.6 is 0 Å². The van der Waals surface area contributed by atoms with Gasteiger partial charge in [-0.2, -0.15) is 0 Å². The van der Waals surface area contributed by atoms with Crippen molar-refractivity contribution in [3.63, 3.8) is 0 Å². The van der Waals surface area contributed by atoms with E-state index in [1.807, 2.05) is 4.91 Å². The molecule has 0 atom stereocenters. The first-order valence-corrected chi connectivity index (χ1v) is 0.876. The Hall–Kier alpha value is -0.760. The van der Waals surface area contributed by atoms with Gasteiger partial charge in [0.15, 0.2) is 0 Å². The Morgan fingerprint density at radius 1 is 2.00 bits per heavy atom. The van der Waals surface area contributed by atoms with Crippen LogP contribution in [0.25, 0.3) is 10.4 Å². The molecule has 3 nitrogen and oxygen atoms in total. The van der Waals surface area contributed by atoms with Crippen LogP contribution in [0.1, 0.15) is 0 Å². The van der Waals surface area contributed by atoms with Crippen LogP contribution in [0.2, 0.25) is 0 Å². The summed E-state index contributed by atoms with van der Waals surface area (Å²) in [5.74, 6) is 0. The first-order valence-electron chi connectivity index (χ1n) is 0.876. The molecule has 0 rings (SSSR count). The molecule has 0 aliphatic carbocycles. The largest absolute Gasteiger partial charge is 0.238 e. The first-order chi connectivity index (χ1) is 2.41. The predicted molar refractivity (Wildman–Crippen MR) is 14.6 cm³/mol. The first kappa shape index (κ1) is 4.24. The molecule has 1 radical (unpaired) electrons. The van der Waals surface area contributed by atoms with E-state index in [1.54, 1.807) is 0 Å². The van der Waals surface area contributed by atoms with E-state index in [0.717, 1.165) is 0 Å². The normalized spacial score (nSPS) is 5.80. The van der Waals surface area contributed by atoms with Crippen molar-refractivity contribution in [1.29, 1.82) is 0 Å². The van der Waals surface area contributed by atoms with Crippen molar-refractivity contribution in [2.45, 2.75) is 0 Å². The van der Waals surface area contributed by atoms with Crippen molar-refractivity contribution in [2.75, 3.05) is 0 Å². The molecule has 0 aliphatic heterocycles. The molecule has 5 heavy (non-hydrogen) atoms. The van der Waals surface area contributed by atoms with Crippen LogP contribution < -0.4 is 0 Å². The fourth-order valence-corrected chi connectivity index (χ4v) is 0.0195. The Morgan fingerprint density at radius 3 is 2.60 bits per heavy atom. The van der Waals surface area contributed by atoms with Crippen LogP contribution in [0.3, 0.4) is 0 Å². The van der Waals surface area contributed by atoms with Crippen LogP contribution in [-0.4, -0.2) is 0 Å². The van der Waals surface area contributed by atoms with Gasteiger partial charge < -0.3 is 0 Å². The Balaban J connectivity index is 2.93. The summed E-state index contributed by atoms with van der Waals surface area (Å²) in [6.07, 6.45) is 0. The van der Waals surface area contributed by atoms with Crippen molar-refractivity contribution in [3.05, 3.63) is 17.2 Å². The van der Waals surface area contributed by atoms with E-state index in [2.05, 4.69) is 5.11 Å². The molecular weight excluding hydrogens is 73.0 g/mol. The second-order valence-electron chi connectivity index (χ2n) is 0.303. The fraction of sp³-hybridized carbons (Fsp3) is 0. The zero-order valence-corrected chi connectivity index (χ0v) is 2.30. The van der Waals surface area contributed by atoms with E-state index in [4.69, 9.17) is 5.53 Å². The quantitative estimate of drug-likeness (QED) is 0.195. The lowest BCUT2D eigenvalue weighted by Crippen LogP contribution is -1.35. The monoisotopic (exact) mass is 74.0 g/mol. The van der Waals surface area contributed by atoms with E-state index in [0.29, 0.717) is 0 Å². The van der Waals surface area contributed by atoms with Gasteiger partial charge in [-0.25, -0.2) is 4.39 Å². The lowest BCUT2D eigenvalue weighted by Gasteiger charge is -1.52. The van der Waals surface area contributed by atoms with Gasteiger partial charge in [-0.1, -0.05) is 5.11 Å². The summed E-state index contributed by atoms with van der Waals surface area (Å²) >= 11 is 0. The molecule has 0 aliphatic rings. The Labute approximate surface area is 28.0 Å². The molecule has 0 saturated heterocycles. The minimum absolute atomic E-state index is 0.111. The summed E-state index contributed by atoms with van der Waals surface area (Å²) in [5, 5.41) is 2.36. The van der Waals surface area contributed by atoms with E-state index >= 15 is 0 Å².